The molecule has 2 unspecified atom stereocenters. The minimum Gasteiger partial charge on any atom is -0.493 e. The van der Waals surface area contributed by atoms with Crippen molar-refractivity contribution in [3.8, 4) is 11.5 Å². The summed E-state index contributed by atoms with van der Waals surface area (Å²) in [5, 5.41) is 0. The third-order valence-corrected chi connectivity index (χ3v) is 4.10. The van der Waals surface area contributed by atoms with Gasteiger partial charge in [-0.1, -0.05) is 13.8 Å². The largest absolute Gasteiger partial charge is 0.493 e. The number of rotatable bonds is 4. The molecule has 0 amide bonds. The van der Waals surface area contributed by atoms with Crippen LogP contribution in [-0.4, -0.2) is 37.9 Å². The molecule has 2 atom stereocenters. The van der Waals surface area contributed by atoms with Crippen LogP contribution in [0.1, 0.15) is 53.4 Å². The van der Waals surface area contributed by atoms with E-state index in [2.05, 4.69) is 0 Å². The molecule has 1 saturated heterocycles. The number of Topliss-reactive ketones (excluding diaryl/α,β-unsaturated/α-hetero) is 1. The lowest BCUT2D eigenvalue weighted by Gasteiger charge is -2.43. The summed E-state index contributed by atoms with van der Waals surface area (Å²) in [6.45, 7) is 0.541. The molecule has 23 heavy (non-hydrogen) atoms. The highest BCUT2D eigenvalue weighted by Gasteiger charge is 2.38. The van der Waals surface area contributed by atoms with Gasteiger partial charge in [0.15, 0.2) is 11.5 Å². The molecule has 0 radical (unpaired) electrons. The van der Waals surface area contributed by atoms with Crippen molar-refractivity contribution in [3.63, 3.8) is 0 Å². The second-order valence-corrected chi connectivity index (χ2v) is 6.24. The highest BCUT2D eigenvalue weighted by molar-refractivity contribution is 5.83. The molecular formula is C19H27NO3. The molecule has 2 heterocycles. The van der Waals surface area contributed by atoms with Crippen molar-refractivity contribution in [1.29, 1.82) is 0 Å². The number of nitrogens with zero attached hydrogens (tertiary/aromatic N) is 1. The molecule has 126 valence electrons. The van der Waals surface area contributed by atoms with Crippen LogP contribution in [0.3, 0.4) is 0 Å². The van der Waals surface area contributed by atoms with Crippen molar-refractivity contribution in [2.75, 3.05) is 27.3 Å². The fraction of sp³-hybridized carbons (Fsp3) is 0.632. The van der Waals surface area contributed by atoms with Gasteiger partial charge in [-0.25, -0.2) is 0 Å². The summed E-state index contributed by atoms with van der Waals surface area (Å²) in [4.78, 5) is 14.2. The van der Waals surface area contributed by atoms with Crippen molar-refractivity contribution < 1.29 is 23.9 Å². The zero-order chi connectivity index (χ0) is 22.9. The molecule has 4 heteroatoms. The Morgan fingerprint density at radius 1 is 1.35 bits per heavy atom. The minimum absolute atomic E-state index is 0.0480. The first-order valence-corrected chi connectivity index (χ1v) is 7.73. The van der Waals surface area contributed by atoms with Crippen molar-refractivity contribution in [3.05, 3.63) is 23.3 Å². The number of hydrogen-bond donors (Lipinski definition) is 0. The van der Waals surface area contributed by atoms with Crippen LogP contribution >= 0.6 is 0 Å². The van der Waals surface area contributed by atoms with Crippen LogP contribution in [0.5, 0.6) is 11.5 Å². The van der Waals surface area contributed by atoms with Gasteiger partial charge >= 0.3 is 0 Å². The highest BCUT2D eigenvalue weighted by atomic mass is 16.5. The summed E-state index contributed by atoms with van der Waals surface area (Å²) in [7, 11) is 2.75. The molecule has 0 N–H and O–H groups in total. The van der Waals surface area contributed by atoms with Crippen LogP contribution in [0.15, 0.2) is 12.1 Å². The Balaban J connectivity index is 2.31. The third kappa shape index (κ3) is 3.09. The standard InChI is InChI=1S/C19H27NO3/c1-12(2)7-14-11-20-6-5-13-8-18(22-3)19(23-4)9-15(13)16(20)10-17(14)21/h8-9,12,14,16H,5-7,10-11H2,1-4H3/i5D2,6D2,10D2,14D. The van der Waals surface area contributed by atoms with E-state index < -0.39 is 43.5 Å². The fourth-order valence-electron chi connectivity index (χ4n) is 3.03. The van der Waals surface area contributed by atoms with E-state index in [1.165, 1.54) is 26.4 Å². The van der Waals surface area contributed by atoms with Crippen LogP contribution in [-0.2, 0) is 11.2 Å². The maximum Gasteiger partial charge on any atom is 0.161 e. The molecule has 2 aliphatic rings. The molecule has 3 rings (SSSR count). The van der Waals surface area contributed by atoms with Gasteiger partial charge in [-0.05, 0) is 42.0 Å². The first-order chi connectivity index (χ1) is 13.6. The molecule has 1 aromatic rings. The third-order valence-electron chi connectivity index (χ3n) is 4.10. The maximum absolute atomic E-state index is 13.2. The molecule has 2 aliphatic heterocycles. The number of methoxy groups -OCH3 is 2. The van der Waals surface area contributed by atoms with E-state index in [1.807, 2.05) is 13.8 Å². The minimum atomic E-state index is -2.67. The maximum atomic E-state index is 13.2. The van der Waals surface area contributed by atoms with E-state index in [4.69, 9.17) is 19.1 Å². The Morgan fingerprint density at radius 2 is 2.04 bits per heavy atom. The van der Waals surface area contributed by atoms with Gasteiger partial charge in [-0.15, -0.1) is 0 Å². The van der Waals surface area contributed by atoms with E-state index >= 15 is 0 Å². The fourth-order valence-corrected chi connectivity index (χ4v) is 3.03. The van der Waals surface area contributed by atoms with Gasteiger partial charge in [0.25, 0.3) is 0 Å². The lowest BCUT2D eigenvalue weighted by Crippen LogP contribution is -2.46. The number of carbonyl (C=O) groups excluding carboxylic acids is 1. The molecule has 4 nitrogen and oxygen atoms in total. The Hall–Kier alpha value is -1.55. The van der Waals surface area contributed by atoms with Crippen LogP contribution in [0, 0.1) is 11.8 Å². The predicted molar refractivity (Wildman–Crippen MR) is 90.1 cm³/mol. The number of ketones is 1. The summed E-state index contributed by atoms with van der Waals surface area (Å²) >= 11 is 0. The summed E-state index contributed by atoms with van der Waals surface area (Å²) in [5.41, 5.74) is 0.0298. The van der Waals surface area contributed by atoms with Crippen LogP contribution < -0.4 is 9.47 Å². The van der Waals surface area contributed by atoms with Crippen molar-refractivity contribution >= 4 is 5.78 Å². The topological polar surface area (TPSA) is 38.8 Å². The highest BCUT2D eigenvalue weighted by Crippen LogP contribution is 2.42. The zero-order valence-electron chi connectivity index (χ0n) is 20.9. The van der Waals surface area contributed by atoms with Gasteiger partial charge < -0.3 is 9.47 Å². The second-order valence-electron chi connectivity index (χ2n) is 6.24. The predicted octanol–water partition coefficient (Wildman–Crippen LogP) is 3.24. The number of piperidine rings is 1. The lowest BCUT2D eigenvalue weighted by atomic mass is 9.80. The zero-order valence-corrected chi connectivity index (χ0v) is 13.9. The number of ether oxygens (including phenoxy) is 2. The van der Waals surface area contributed by atoms with E-state index in [9.17, 15) is 4.79 Å². The SMILES string of the molecule is [2H]C1(CC(C)C)CN2C(c3cc(OC)c(OC)cc3C([2H])([2H])C2([2H])[2H])C([2H])([2H])C1=O. The van der Waals surface area contributed by atoms with Gasteiger partial charge in [0.05, 0.1) is 14.2 Å². The number of fused-ring (bicyclic) bond motifs is 3. The summed E-state index contributed by atoms with van der Waals surface area (Å²) < 4.78 is 70.8. The van der Waals surface area contributed by atoms with Crippen LogP contribution in [0.2, 0.25) is 0 Å². The normalized spacial score (nSPS) is 38.6. The molecule has 1 aromatic carbocycles. The quantitative estimate of drug-likeness (QED) is 0.852. The average Bonchev–Trinajstić information content (AvgIpc) is 2.63. The molecule has 0 bridgehead atoms. The van der Waals surface area contributed by atoms with Crippen LogP contribution in [0.25, 0.3) is 0 Å². The van der Waals surface area contributed by atoms with Crippen molar-refractivity contribution in [1.82, 2.24) is 4.90 Å². The molecule has 0 aromatic heterocycles. The summed E-state index contributed by atoms with van der Waals surface area (Å²) in [5.74, 6) is -2.48. The summed E-state index contributed by atoms with van der Waals surface area (Å²) in [6.07, 6.45) is -5.10. The second kappa shape index (κ2) is 6.52. The monoisotopic (exact) mass is 324 g/mol. The Kier molecular flexibility index (Phi) is 2.74. The molecular weight excluding hydrogens is 290 g/mol. The van der Waals surface area contributed by atoms with E-state index in [0.717, 1.165) is 4.90 Å². The van der Waals surface area contributed by atoms with Gasteiger partial charge in [0.2, 0.25) is 0 Å². The van der Waals surface area contributed by atoms with Gasteiger partial charge in [0, 0.05) is 40.9 Å². The smallest absolute Gasteiger partial charge is 0.161 e. The van der Waals surface area contributed by atoms with Crippen molar-refractivity contribution in [2.45, 2.75) is 39.1 Å². The first kappa shape index (κ1) is 9.67. The Labute approximate surface area is 148 Å². The van der Waals surface area contributed by atoms with E-state index in [1.54, 1.807) is 0 Å². The molecule has 0 spiro atoms. The van der Waals surface area contributed by atoms with Gasteiger partial charge in [-0.3, -0.25) is 9.69 Å². The van der Waals surface area contributed by atoms with Gasteiger partial charge in [-0.2, -0.15) is 0 Å². The number of aryl methyl sites for hydroxylation is 1. The lowest BCUT2D eigenvalue weighted by molar-refractivity contribution is -0.129. The molecule has 0 aliphatic carbocycles. The van der Waals surface area contributed by atoms with E-state index in [0.29, 0.717) is 0 Å². The van der Waals surface area contributed by atoms with Gasteiger partial charge in [0.1, 0.15) is 5.78 Å². The van der Waals surface area contributed by atoms with E-state index in [-0.39, 0.29) is 35.0 Å². The van der Waals surface area contributed by atoms with Crippen LogP contribution in [0.4, 0.5) is 0 Å². The Morgan fingerprint density at radius 3 is 2.70 bits per heavy atom. The molecule has 0 saturated carbocycles. The first-order valence-electron chi connectivity index (χ1n) is 11.2. The molecule has 1 fully saturated rings. The summed E-state index contributed by atoms with van der Waals surface area (Å²) in [6, 6.07) is 1.31. The number of benzene rings is 1. The van der Waals surface area contributed by atoms with Crippen molar-refractivity contribution in [2.24, 2.45) is 11.8 Å². The average molecular weight is 324 g/mol. The Bertz CT molecular complexity index is 874. The number of carbonyl (C=O) groups is 1. The number of hydrogen-bond acceptors (Lipinski definition) is 4.